The summed E-state index contributed by atoms with van der Waals surface area (Å²) >= 11 is 1.42. The first kappa shape index (κ1) is 11.5. The van der Waals surface area contributed by atoms with Crippen LogP contribution in [0.15, 0.2) is 34.8 Å². The number of hydrogen-bond acceptors (Lipinski definition) is 5. The average molecular weight is 250 g/mol. The monoisotopic (exact) mass is 250 g/mol. The van der Waals surface area contributed by atoms with Crippen LogP contribution < -0.4 is 5.56 Å². The smallest absolute Gasteiger partial charge is 0.339 e. The molecule has 0 aromatic carbocycles. The molecule has 0 saturated carbocycles. The van der Waals surface area contributed by atoms with Crippen LogP contribution in [0.3, 0.4) is 0 Å². The minimum absolute atomic E-state index is 0.163. The predicted octanol–water partition coefficient (Wildman–Crippen LogP) is 1.20. The molecule has 5 nitrogen and oxygen atoms in total. The topological polar surface area (TPSA) is 61.2 Å². The summed E-state index contributed by atoms with van der Waals surface area (Å²) in [5.41, 5.74) is 1.87. The largest absolute Gasteiger partial charge is 0.456 e. The van der Waals surface area contributed by atoms with Gasteiger partial charge in [-0.2, -0.15) is 0 Å². The van der Waals surface area contributed by atoms with E-state index in [9.17, 15) is 9.59 Å². The quantitative estimate of drug-likeness (QED) is 0.768. The SMILES string of the molecule is Cn1cc(C(=O)OCc2cncs2)ccc1=O. The molecule has 2 rings (SSSR count). The van der Waals surface area contributed by atoms with Gasteiger partial charge in [-0.15, -0.1) is 11.3 Å². The van der Waals surface area contributed by atoms with Crippen molar-refractivity contribution >= 4 is 17.3 Å². The number of ether oxygens (including phenoxy) is 1. The second-order valence-corrected chi connectivity index (χ2v) is 4.38. The van der Waals surface area contributed by atoms with Crippen molar-refractivity contribution in [1.29, 1.82) is 0 Å². The number of rotatable bonds is 3. The number of pyridine rings is 1. The Balaban J connectivity index is 2.04. The van der Waals surface area contributed by atoms with Crippen LogP contribution in [-0.4, -0.2) is 15.5 Å². The number of hydrogen-bond donors (Lipinski definition) is 0. The summed E-state index contributed by atoms with van der Waals surface area (Å²) in [7, 11) is 1.59. The van der Waals surface area contributed by atoms with Crippen molar-refractivity contribution in [3.8, 4) is 0 Å². The fourth-order valence-electron chi connectivity index (χ4n) is 1.25. The Morgan fingerprint density at radius 2 is 2.35 bits per heavy atom. The van der Waals surface area contributed by atoms with Crippen LogP contribution in [-0.2, 0) is 18.4 Å². The third-order valence-electron chi connectivity index (χ3n) is 2.15. The molecular formula is C11H10N2O3S. The Morgan fingerprint density at radius 1 is 1.53 bits per heavy atom. The molecule has 0 fully saturated rings. The van der Waals surface area contributed by atoms with Gasteiger partial charge < -0.3 is 9.30 Å². The van der Waals surface area contributed by atoms with Crippen LogP contribution in [0.4, 0.5) is 0 Å². The Hall–Kier alpha value is -1.95. The van der Waals surface area contributed by atoms with E-state index in [1.807, 2.05) is 0 Å². The lowest BCUT2D eigenvalue weighted by atomic mass is 10.3. The minimum Gasteiger partial charge on any atom is -0.456 e. The average Bonchev–Trinajstić information content (AvgIpc) is 2.82. The van der Waals surface area contributed by atoms with Crippen LogP contribution in [0, 0.1) is 0 Å². The van der Waals surface area contributed by atoms with E-state index in [2.05, 4.69) is 4.98 Å². The standard InChI is InChI=1S/C11H10N2O3S/c1-13-5-8(2-3-10(13)14)11(15)16-6-9-4-12-7-17-9/h2-5,7H,6H2,1H3. The van der Waals surface area contributed by atoms with Gasteiger partial charge in [0.1, 0.15) is 6.61 Å². The number of thiazole rings is 1. The fourth-order valence-corrected chi connectivity index (χ4v) is 1.75. The molecule has 0 spiro atoms. The van der Waals surface area contributed by atoms with Gasteiger partial charge in [0.25, 0.3) is 0 Å². The van der Waals surface area contributed by atoms with E-state index in [4.69, 9.17) is 4.74 Å². The Morgan fingerprint density at radius 3 is 3.00 bits per heavy atom. The molecular weight excluding hydrogens is 240 g/mol. The molecule has 2 aromatic rings. The molecule has 2 heterocycles. The zero-order valence-electron chi connectivity index (χ0n) is 9.12. The first-order chi connectivity index (χ1) is 8.16. The molecule has 0 atom stereocenters. The molecule has 0 bridgehead atoms. The summed E-state index contributed by atoms with van der Waals surface area (Å²) in [6, 6.07) is 2.79. The molecule has 6 heteroatoms. The normalized spacial score (nSPS) is 10.2. The van der Waals surface area contributed by atoms with Crippen molar-refractivity contribution in [3.63, 3.8) is 0 Å². The molecule has 0 aliphatic heterocycles. The first-order valence-electron chi connectivity index (χ1n) is 4.88. The van der Waals surface area contributed by atoms with Gasteiger partial charge in [0.15, 0.2) is 0 Å². The van der Waals surface area contributed by atoms with Gasteiger partial charge in [-0.1, -0.05) is 0 Å². The van der Waals surface area contributed by atoms with Crippen molar-refractivity contribution in [2.75, 3.05) is 0 Å². The maximum absolute atomic E-state index is 11.7. The van der Waals surface area contributed by atoms with E-state index >= 15 is 0 Å². The molecule has 0 unspecified atom stereocenters. The summed E-state index contributed by atoms with van der Waals surface area (Å²) in [4.78, 5) is 27.6. The van der Waals surface area contributed by atoms with Gasteiger partial charge in [-0.3, -0.25) is 9.78 Å². The molecule has 0 aliphatic carbocycles. The molecule has 17 heavy (non-hydrogen) atoms. The van der Waals surface area contributed by atoms with Crippen LogP contribution >= 0.6 is 11.3 Å². The van der Waals surface area contributed by atoms with E-state index in [0.717, 1.165) is 4.88 Å². The van der Waals surface area contributed by atoms with Gasteiger partial charge >= 0.3 is 5.97 Å². The van der Waals surface area contributed by atoms with E-state index in [1.54, 1.807) is 18.8 Å². The Labute approximate surface area is 101 Å². The Bertz CT molecular complexity index is 575. The molecule has 0 aliphatic rings. The van der Waals surface area contributed by atoms with E-state index in [-0.39, 0.29) is 12.2 Å². The maximum atomic E-state index is 11.7. The summed E-state index contributed by atoms with van der Waals surface area (Å²) in [6.45, 7) is 0.201. The highest BCUT2D eigenvalue weighted by Crippen LogP contribution is 2.08. The van der Waals surface area contributed by atoms with Crippen molar-refractivity contribution in [1.82, 2.24) is 9.55 Å². The molecule has 0 amide bonds. The number of carbonyl (C=O) groups is 1. The lowest BCUT2D eigenvalue weighted by Gasteiger charge is -2.04. The van der Waals surface area contributed by atoms with Crippen molar-refractivity contribution in [3.05, 3.63) is 50.8 Å². The maximum Gasteiger partial charge on any atom is 0.339 e. The number of carbonyl (C=O) groups excluding carboxylic acids is 1. The van der Waals surface area contributed by atoms with Crippen LogP contribution in [0.2, 0.25) is 0 Å². The van der Waals surface area contributed by atoms with Gasteiger partial charge in [0.05, 0.1) is 16.0 Å². The lowest BCUT2D eigenvalue weighted by Crippen LogP contribution is -2.17. The number of nitrogens with zero attached hydrogens (tertiary/aromatic N) is 2. The first-order valence-corrected chi connectivity index (χ1v) is 5.76. The lowest BCUT2D eigenvalue weighted by molar-refractivity contribution is 0.0475. The third-order valence-corrected chi connectivity index (χ3v) is 2.90. The van der Waals surface area contributed by atoms with Gasteiger partial charge in [0, 0.05) is 25.5 Å². The summed E-state index contributed by atoms with van der Waals surface area (Å²) < 4.78 is 6.42. The van der Waals surface area contributed by atoms with Gasteiger partial charge in [-0.05, 0) is 6.07 Å². The second kappa shape index (κ2) is 4.92. The van der Waals surface area contributed by atoms with Crippen LogP contribution in [0.5, 0.6) is 0 Å². The van der Waals surface area contributed by atoms with Crippen LogP contribution in [0.1, 0.15) is 15.2 Å². The highest BCUT2D eigenvalue weighted by atomic mass is 32.1. The zero-order chi connectivity index (χ0) is 12.3. The van der Waals surface area contributed by atoms with Crippen molar-refractivity contribution in [2.45, 2.75) is 6.61 Å². The fraction of sp³-hybridized carbons (Fsp3) is 0.182. The molecule has 0 N–H and O–H groups in total. The minimum atomic E-state index is -0.450. The van der Waals surface area contributed by atoms with E-state index in [0.29, 0.717) is 5.56 Å². The summed E-state index contributed by atoms with van der Waals surface area (Å²) in [6.07, 6.45) is 3.11. The van der Waals surface area contributed by atoms with Crippen molar-refractivity contribution < 1.29 is 9.53 Å². The molecule has 0 radical (unpaired) electrons. The molecule has 88 valence electrons. The van der Waals surface area contributed by atoms with Crippen LogP contribution in [0.25, 0.3) is 0 Å². The van der Waals surface area contributed by atoms with E-state index < -0.39 is 5.97 Å². The predicted molar refractivity (Wildman–Crippen MR) is 62.9 cm³/mol. The molecule has 0 saturated heterocycles. The second-order valence-electron chi connectivity index (χ2n) is 3.41. The highest BCUT2D eigenvalue weighted by molar-refractivity contribution is 7.09. The highest BCUT2D eigenvalue weighted by Gasteiger charge is 2.08. The Kier molecular flexibility index (Phi) is 3.34. The zero-order valence-corrected chi connectivity index (χ0v) is 9.94. The molecule has 2 aromatic heterocycles. The summed E-state index contributed by atoms with van der Waals surface area (Å²) in [5.74, 6) is -0.450. The van der Waals surface area contributed by atoms with Crippen molar-refractivity contribution in [2.24, 2.45) is 7.05 Å². The van der Waals surface area contributed by atoms with Gasteiger partial charge in [-0.25, -0.2) is 4.79 Å². The number of aromatic nitrogens is 2. The number of esters is 1. The third kappa shape index (κ3) is 2.79. The van der Waals surface area contributed by atoms with E-state index in [1.165, 1.54) is 34.2 Å². The van der Waals surface area contributed by atoms with Gasteiger partial charge in [0.2, 0.25) is 5.56 Å². The summed E-state index contributed by atoms with van der Waals surface area (Å²) in [5, 5.41) is 0. The number of aryl methyl sites for hydroxylation is 1.